The van der Waals surface area contributed by atoms with Crippen molar-refractivity contribution in [3.05, 3.63) is 23.4 Å². The molecule has 148 valence electrons. The molecule has 0 spiro atoms. The summed E-state index contributed by atoms with van der Waals surface area (Å²) in [6.45, 7) is -0.667. The first-order valence-electron chi connectivity index (χ1n) is 7.80. The van der Waals surface area contributed by atoms with E-state index in [0.717, 1.165) is 0 Å². The van der Waals surface area contributed by atoms with Crippen LogP contribution < -0.4 is 15.8 Å². The number of terminal acetylenes is 1. The van der Waals surface area contributed by atoms with Gasteiger partial charge in [-0.3, -0.25) is 4.79 Å². The number of aliphatic hydroxyl groups is 2. The molecule has 1 aromatic rings. The summed E-state index contributed by atoms with van der Waals surface area (Å²) in [6, 6.07) is 0.373. The van der Waals surface area contributed by atoms with Crippen LogP contribution in [0.3, 0.4) is 0 Å². The molecular formula is C16H18F3N3O5. The Morgan fingerprint density at radius 3 is 2.78 bits per heavy atom. The van der Waals surface area contributed by atoms with Crippen LogP contribution in [0, 0.1) is 12.3 Å². The molecule has 4 atom stereocenters. The van der Waals surface area contributed by atoms with Crippen molar-refractivity contribution in [1.29, 1.82) is 0 Å². The molecule has 1 aromatic heterocycles. The largest absolute Gasteiger partial charge is 0.475 e. The monoisotopic (exact) mass is 389 g/mol. The number of halogens is 3. The van der Waals surface area contributed by atoms with Crippen LogP contribution in [0.2, 0.25) is 0 Å². The summed E-state index contributed by atoms with van der Waals surface area (Å²) in [5.74, 6) is 0.710. The number of carbonyl (C=O) groups excluding carboxylic acids is 1. The Bertz CT molecular complexity index is 722. The first kappa shape index (κ1) is 20.9. The fraction of sp³-hybridized carbons (Fsp3) is 0.500. The third-order valence-corrected chi connectivity index (χ3v) is 3.78. The standard InChI is InChI=1S/C16H18F3N3O5/c1-2-3-21-15(25)10-4-8(16(17,18)19)5-12(22-10)27-7-11-14(24)13(23)9(20)6-26-11/h1,4-5,9,11,13-14,23-24H,3,6-7,20H2,(H,21,25)/t9-,11+,13+,14-/m0/s1. The minimum atomic E-state index is -4.74. The molecule has 1 saturated heterocycles. The summed E-state index contributed by atoms with van der Waals surface area (Å²) >= 11 is 0. The van der Waals surface area contributed by atoms with Gasteiger partial charge in [-0.2, -0.15) is 13.2 Å². The average Bonchev–Trinajstić information content (AvgIpc) is 2.62. The van der Waals surface area contributed by atoms with Crippen molar-refractivity contribution in [2.75, 3.05) is 19.8 Å². The number of pyridine rings is 1. The lowest BCUT2D eigenvalue weighted by atomic mass is 9.99. The molecule has 5 N–H and O–H groups in total. The first-order chi connectivity index (χ1) is 12.6. The lowest BCUT2D eigenvalue weighted by molar-refractivity contribution is -0.153. The second-order valence-corrected chi connectivity index (χ2v) is 5.79. The van der Waals surface area contributed by atoms with Crippen molar-refractivity contribution in [2.45, 2.75) is 30.5 Å². The smallest absolute Gasteiger partial charge is 0.416 e. The van der Waals surface area contributed by atoms with Crippen LogP contribution in [-0.2, 0) is 10.9 Å². The van der Waals surface area contributed by atoms with Crippen molar-refractivity contribution < 1.29 is 37.7 Å². The Morgan fingerprint density at radius 1 is 1.44 bits per heavy atom. The number of ether oxygens (including phenoxy) is 2. The van der Waals surface area contributed by atoms with Crippen molar-refractivity contribution in [3.8, 4) is 18.2 Å². The zero-order valence-corrected chi connectivity index (χ0v) is 13.9. The molecule has 11 heteroatoms. The molecule has 0 aromatic carbocycles. The van der Waals surface area contributed by atoms with Gasteiger partial charge in [0.25, 0.3) is 5.91 Å². The van der Waals surface area contributed by atoms with Gasteiger partial charge in [-0.15, -0.1) is 6.42 Å². The Morgan fingerprint density at radius 2 is 2.15 bits per heavy atom. The number of hydrogen-bond acceptors (Lipinski definition) is 7. The SMILES string of the molecule is C#CCNC(=O)c1cc(C(F)(F)F)cc(OC[C@H]2OC[C@H](N)[C@@H](O)[C@H]2O)n1. The van der Waals surface area contributed by atoms with Gasteiger partial charge in [0.1, 0.15) is 24.5 Å². The highest BCUT2D eigenvalue weighted by Crippen LogP contribution is 2.31. The molecule has 27 heavy (non-hydrogen) atoms. The van der Waals surface area contributed by atoms with E-state index < -0.39 is 60.2 Å². The molecule has 0 bridgehead atoms. The Balaban J connectivity index is 2.17. The maximum Gasteiger partial charge on any atom is 0.416 e. The van der Waals surface area contributed by atoms with Gasteiger partial charge in [0.15, 0.2) is 0 Å². The molecule has 0 unspecified atom stereocenters. The maximum atomic E-state index is 13.1. The first-order valence-corrected chi connectivity index (χ1v) is 7.80. The van der Waals surface area contributed by atoms with Gasteiger partial charge < -0.3 is 30.7 Å². The quantitative estimate of drug-likeness (QED) is 0.490. The van der Waals surface area contributed by atoms with Gasteiger partial charge in [-0.1, -0.05) is 5.92 Å². The van der Waals surface area contributed by atoms with Gasteiger partial charge >= 0.3 is 6.18 Å². The molecule has 8 nitrogen and oxygen atoms in total. The van der Waals surface area contributed by atoms with Crippen LogP contribution in [0.15, 0.2) is 12.1 Å². The van der Waals surface area contributed by atoms with E-state index in [-0.39, 0.29) is 13.2 Å². The van der Waals surface area contributed by atoms with E-state index in [0.29, 0.717) is 12.1 Å². The van der Waals surface area contributed by atoms with Gasteiger partial charge in [-0.05, 0) is 6.07 Å². The summed E-state index contributed by atoms with van der Waals surface area (Å²) < 4.78 is 49.5. The number of hydrogen-bond donors (Lipinski definition) is 4. The molecule has 1 aliphatic heterocycles. The van der Waals surface area contributed by atoms with Gasteiger partial charge in [0, 0.05) is 6.07 Å². The molecule has 2 heterocycles. The average molecular weight is 389 g/mol. The fourth-order valence-corrected chi connectivity index (χ4v) is 2.30. The van der Waals surface area contributed by atoms with E-state index in [1.54, 1.807) is 0 Å². The predicted molar refractivity (Wildman–Crippen MR) is 85.6 cm³/mol. The van der Waals surface area contributed by atoms with E-state index in [1.807, 2.05) is 0 Å². The summed E-state index contributed by atoms with van der Waals surface area (Å²) in [4.78, 5) is 15.6. The van der Waals surface area contributed by atoms with Crippen LogP contribution in [0.5, 0.6) is 5.88 Å². The van der Waals surface area contributed by atoms with Gasteiger partial charge in [0.2, 0.25) is 5.88 Å². The third kappa shape index (κ3) is 5.30. The van der Waals surface area contributed by atoms with E-state index >= 15 is 0 Å². The van der Waals surface area contributed by atoms with Crippen LogP contribution in [0.4, 0.5) is 13.2 Å². The minimum Gasteiger partial charge on any atom is -0.475 e. The van der Waals surface area contributed by atoms with E-state index in [1.165, 1.54) is 0 Å². The highest BCUT2D eigenvalue weighted by molar-refractivity contribution is 5.92. The van der Waals surface area contributed by atoms with Crippen LogP contribution in [0.25, 0.3) is 0 Å². The lowest BCUT2D eigenvalue weighted by Gasteiger charge is -2.35. The molecular weight excluding hydrogens is 371 g/mol. The lowest BCUT2D eigenvalue weighted by Crippen LogP contribution is -2.57. The number of carbonyl (C=O) groups is 1. The maximum absolute atomic E-state index is 13.1. The third-order valence-electron chi connectivity index (χ3n) is 3.78. The summed E-state index contributed by atoms with van der Waals surface area (Å²) in [5.41, 5.74) is 3.84. The second-order valence-electron chi connectivity index (χ2n) is 5.79. The van der Waals surface area contributed by atoms with Crippen molar-refractivity contribution in [1.82, 2.24) is 10.3 Å². The number of nitrogens with zero attached hydrogens (tertiary/aromatic N) is 1. The number of rotatable bonds is 5. The summed E-state index contributed by atoms with van der Waals surface area (Å²) in [6.07, 6.45) is -3.45. The van der Waals surface area contributed by atoms with Crippen molar-refractivity contribution in [3.63, 3.8) is 0 Å². The molecule has 0 aliphatic carbocycles. The van der Waals surface area contributed by atoms with Crippen molar-refractivity contribution >= 4 is 5.91 Å². The molecule has 1 fully saturated rings. The number of amides is 1. The number of nitrogens with two attached hydrogens (primary N) is 1. The van der Waals surface area contributed by atoms with Crippen molar-refractivity contribution in [2.24, 2.45) is 5.73 Å². The second kappa shape index (κ2) is 8.53. The molecule has 2 rings (SSSR count). The van der Waals surface area contributed by atoms with E-state index in [4.69, 9.17) is 21.6 Å². The Labute approximate surface area is 152 Å². The highest BCUT2D eigenvalue weighted by atomic mass is 19.4. The number of aliphatic hydroxyl groups excluding tert-OH is 2. The van der Waals surface area contributed by atoms with Crippen LogP contribution in [-0.4, -0.2) is 65.2 Å². The molecule has 0 saturated carbocycles. The van der Waals surface area contributed by atoms with Crippen LogP contribution >= 0.6 is 0 Å². The normalized spacial score (nSPS) is 25.5. The molecule has 1 aliphatic rings. The predicted octanol–water partition coefficient (Wildman–Crippen LogP) is -0.710. The topological polar surface area (TPSA) is 127 Å². The Kier molecular flexibility index (Phi) is 6.61. The highest BCUT2D eigenvalue weighted by Gasteiger charge is 2.37. The summed E-state index contributed by atoms with van der Waals surface area (Å²) in [7, 11) is 0. The van der Waals surface area contributed by atoms with Gasteiger partial charge in [0.05, 0.1) is 30.9 Å². The van der Waals surface area contributed by atoms with Crippen LogP contribution in [0.1, 0.15) is 16.1 Å². The zero-order chi connectivity index (χ0) is 20.2. The molecule has 0 radical (unpaired) electrons. The number of nitrogens with one attached hydrogen (secondary N) is 1. The summed E-state index contributed by atoms with van der Waals surface area (Å²) in [5, 5.41) is 21.8. The zero-order valence-electron chi connectivity index (χ0n) is 13.9. The number of aromatic nitrogens is 1. The van der Waals surface area contributed by atoms with Gasteiger partial charge in [-0.25, -0.2) is 4.98 Å². The van der Waals surface area contributed by atoms with E-state index in [2.05, 4.69) is 16.2 Å². The molecule has 1 amide bonds. The van der Waals surface area contributed by atoms with E-state index in [9.17, 15) is 28.2 Å². The Hall–Kier alpha value is -2.39. The number of alkyl halides is 3. The fourth-order valence-electron chi connectivity index (χ4n) is 2.30. The minimum absolute atomic E-state index is 0.0674.